The highest BCUT2D eigenvalue weighted by atomic mass is 16.5. The molecule has 2 heteroatoms. The van der Waals surface area contributed by atoms with Gasteiger partial charge in [0.15, 0.2) is 0 Å². The zero-order valence-electron chi connectivity index (χ0n) is 10.3. The normalized spacial score (nSPS) is 27.7. The SMILES string of the molecule is CC(C)=COCC1(C)CCCCCCO1. The molecule has 0 radical (unpaired) electrons. The molecule has 1 aliphatic heterocycles. The van der Waals surface area contributed by atoms with Crippen molar-refractivity contribution < 1.29 is 9.47 Å². The summed E-state index contributed by atoms with van der Waals surface area (Å²) in [6, 6.07) is 0. The Bertz CT molecular complexity index is 197. The van der Waals surface area contributed by atoms with Gasteiger partial charge >= 0.3 is 0 Å². The van der Waals surface area contributed by atoms with Crippen LogP contribution in [0.3, 0.4) is 0 Å². The van der Waals surface area contributed by atoms with E-state index in [0.29, 0.717) is 6.61 Å². The zero-order valence-corrected chi connectivity index (χ0v) is 10.3. The topological polar surface area (TPSA) is 18.5 Å². The van der Waals surface area contributed by atoms with Crippen molar-refractivity contribution in [2.75, 3.05) is 13.2 Å². The van der Waals surface area contributed by atoms with E-state index in [4.69, 9.17) is 9.47 Å². The van der Waals surface area contributed by atoms with Crippen LogP contribution >= 0.6 is 0 Å². The maximum Gasteiger partial charge on any atom is 0.116 e. The summed E-state index contributed by atoms with van der Waals surface area (Å²) in [5.74, 6) is 0. The van der Waals surface area contributed by atoms with Crippen LogP contribution in [0.4, 0.5) is 0 Å². The second-order valence-electron chi connectivity index (χ2n) is 4.97. The second kappa shape index (κ2) is 6.16. The van der Waals surface area contributed by atoms with Crippen LogP contribution in [0.1, 0.15) is 52.9 Å². The number of hydrogen-bond acceptors (Lipinski definition) is 2. The molecule has 0 aromatic rings. The van der Waals surface area contributed by atoms with E-state index in [1.54, 1.807) is 0 Å². The minimum Gasteiger partial charge on any atom is -0.498 e. The molecule has 2 nitrogen and oxygen atoms in total. The molecule has 88 valence electrons. The molecule has 0 saturated carbocycles. The summed E-state index contributed by atoms with van der Waals surface area (Å²) in [5.41, 5.74) is 1.12. The van der Waals surface area contributed by atoms with Gasteiger partial charge in [0, 0.05) is 6.61 Å². The Morgan fingerprint density at radius 3 is 2.73 bits per heavy atom. The van der Waals surface area contributed by atoms with Crippen molar-refractivity contribution in [2.24, 2.45) is 0 Å². The van der Waals surface area contributed by atoms with Crippen molar-refractivity contribution in [1.82, 2.24) is 0 Å². The number of allylic oxidation sites excluding steroid dienone is 1. The van der Waals surface area contributed by atoms with Crippen LogP contribution in [0.15, 0.2) is 11.8 Å². The van der Waals surface area contributed by atoms with Crippen LogP contribution in [0.25, 0.3) is 0 Å². The molecule has 0 aromatic carbocycles. The van der Waals surface area contributed by atoms with Gasteiger partial charge in [0.05, 0.1) is 11.9 Å². The summed E-state index contributed by atoms with van der Waals surface area (Å²) in [6.45, 7) is 7.81. The molecule has 0 N–H and O–H groups in total. The lowest BCUT2D eigenvalue weighted by molar-refractivity contribution is -0.0819. The van der Waals surface area contributed by atoms with Crippen LogP contribution < -0.4 is 0 Å². The summed E-state index contributed by atoms with van der Waals surface area (Å²) in [5, 5.41) is 0. The maximum absolute atomic E-state index is 5.90. The molecule has 15 heavy (non-hydrogen) atoms. The average Bonchev–Trinajstić information content (AvgIpc) is 2.12. The molecule has 0 aromatic heterocycles. The van der Waals surface area contributed by atoms with Crippen molar-refractivity contribution >= 4 is 0 Å². The standard InChI is InChI=1S/C13H24O2/c1-12(2)10-14-11-13(3)8-6-4-5-7-9-15-13/h10H,4-9,11H2,1-3H3. The van der Waals surface area contributed by atoms with Crippen LogP contribution in [0, 0.1) is 0 Å². The number of hydrogen-bond donors (Lipinski definition) is 0. The summed E-state index contributed by atoms with van der Waals surface area (Å²) in [4.78, 5) is 0. The van der Waals surface area contributed by atoms with Crippen LogP contribution in [-0.2, 0) is 9.47 Å². The van der Waals surface area contributed by atoms with Crippen molar-refractivity contribution in [3.8, 4) is 0 Å². The Morgan fingerprint density at radius 1 is 1.27 bits per heavy atom. The van der Waals surface area contributed by atoms with Gasteiger partial charge in [-0.1, -0.05) is 19.3 Å². The molecule has 0 aliphatic carbocycles. The van der Waals surface area contributed by atoms with E-state index in [1.165, 1.54) is 31.3 Å². The van der Waals surface area contributed by atoms with Gasteiger partial charge in [0.1, 0.15) is 6.61 Å². The maximum atomic E-state index is 5.90. The lowest BCUT2D eigenvalue weighted by Gasteiger charge is -2.31. The van der Waals surface area contributed by atoms with Crippen LogP contribution in [-0.4, -0.2) is 18.8 Å². The number of ether oxygens (including phenoxy) is 2. The molecule has 1 heterocycles. The Balaban J connectivity index is 2.36. The average molecular weight is 212 g/mol. The molecular formula is C13H24O2. The van der Waals surface area contributed by atoms with Crippen molar-refractivity contribution in [3.05, 3.63) is 11.8 Å². The minimum absolute atomic E-state index is 0.0770. The Hall–Kier alpha value is -0.500. The van der Waals surface area contributed by atoms with Crippen molar-refractivity contribution in [3.63, 3.8) is 0 Å². The Labute approximate surface area is 93.7 Å². The van der Waals surface area contributed by atoms with E-state index in [-0.39, 0.29) is 5.60 Å². The predicted octanol–water partition coefficient (Wildman–Crippen LogP) is 3.67. The first-order valence-electron chi connectivity index (χ1n) is 6.01. The largest absolute Gasteiger partial charge is 0.498 e. The van der Waals surface area contributed by atoms with Crippen LogP contribution in [0.2, 0.25) is 0 Å². The van der Waals surface area contributed by atoms with E-state index in [2.05, 4.69) is 6.92 Å². The molecule has 1 aliphatic rings. The summed E-state index contributed by atoms with van der Waals surface area (Å²) >= 11 is 0. The van der Waals surface area contributed by atoms with Gasteiger partial charge in [-0.3, -0.25) is 0 Å². The molecular weight excluding hydrogens is 188 g/mol. The highest BCUT2D eigenvalue weighted by molar-refractivity contribution is 4.87. The van der Waals surface area contributed by atoms with Crippen molar-refractivity contribution in [1.29, 1.82) is 0 Å². The molecule has 1 unspecified atom stereocenters. The third-order valence-corrected chi connectivity index (χ3v) is 2.76. The van der Waals surface area contributed by atoms with Gasteiger partial charge in [-0.05, 0) is 39.2 Å². The molecule has 1 rings (SSSR count). The van der Waals surface area contributed by atoms with E-state index in [0.717, 1.165) is 13.0 Å². The lowest BCUT2D eigenvalue weighted by atomic mass is 9.97. The third-order valence-electron chi connectivity index (χ3n) is 2.76. The molecule has 1 fully saturated rings. The van der Waals surface area contributed by atoms with Gasteiger partial charge in [0.25, 0.3) is 0 Å². The third kappa shape index (κ3) is 5.22. The first kappa shape index (κ1) is 12.6. The smallest absolute Gasteiger partial charge is 0.116 e. The summed E-state index contributed by atoms with van der Waals surface area (Å²) in [7, 11) is 0. The quantitative estimate of drug-likeness (QED) is 0.665. The fourth-order valence-corrected chi connectivity index (χ4v) is 1.84. The number of rotatable bonds is 3. The van der Waals surface area contributed by atoms with Gasteiger partial charge in [0.2, 0.25) is 0 Å². The fourth-order valence-electron chi connectivity index (χ4n) is 1.84. The molecule has 0 spiro atoms. The summed E-state index contributed by atoms with van der Waals surface area (Å²) < 4.78 is 11.4. The fraction of sp³-hybridized carbons (Fsp3) is 0.846. The highest BCUT2D eigenvalue weighted by Crippen LogP contribution is 2.23. The zero-order chi connectivity index (χ0) is 11.1. The first-order valence-corrected chi connectivity index (χ1v) is 6.01. The Kier molecular flexibility index (Phi) is 5.16. The van der Waals surface area contributed by atoms with Crippen molar-refractivity contribution in [2.45, 2.75) is 58.5 Å². The van der Waals surface area contributed by atoms with Gasteiger partial charge < -0.3 is 9.47 Å². The second-order valence-corrected chi connectivity index (χ2v) is 4.97. The Morgan fingerprint density at radius 2 is 2.00 bits per heavy atom. The summed E-state index contributed by atoms with van der Waals surface area (Å²) in [6.07, 6.45) is 8.04. The van der Waals surface area contributed by atoms with Crippen LogP contribution in [0.5, 0.6) is 0 Å². The molecule has 1 atom stereocenters. The molecule has 1 saturated heterocycles. The molecule has 0 bridgehead atoms. The van der Waals surface area contributed by atoms with E-state index in [1.807, 2.05) is 20.1 Å². The van der Waals surface area contributed by atoms with Gasteiger partial charge in [-0.15, -0.1) is 0 Å². The monoisotopic (exact) mass is 212 g/mol. The minimum atomic E-state index is -0.0770. The highest BCUT2D eigenvalue weighted by Gasteiger charge is 2.26. The first-order chi connectivity index (χ1) is 7.12. The van der Waals surface area contributed by atoms with Gasteiger partial charge in [-0.25, -0.2) is 0 Å². The predicted molar refractivity (Wildman–Crippen MR) is 62.8 cm³/mol. The lowest BCUT2D eigenvalue weighted by Crippen LogP contribution is -2.35. The van der Waals surface area contributed by atoms with E-state index >= 15 is 0 Å². The van der Waals surface area contributed by atoms with Gasteiger partial charge in [-0.2, -0.15) is 0 Å². The molecule has 0 amide bonds. The van der Waals surface area contributed by atoms with E-state index < -0.39 is 0 Å². The van der Waals surface area contributed by atoms with E-state index in [9.17, 15) is 0 Å².